The third kappa shape index (κ3) is 15.2. The highest BCUT2D eigenvalue weighted by molar-refractivity contribution is 5.87. The highest BCUT2D eigenvalue weighted by Gasteiger charge is 2.36. The first kappa shape index (κ1) is 32.2. The van der Waals surface area contributed by atoms with Crippen molar-refractivity contribution in [2.45, 2.75) is 69.9 Å². The number of amides is 1. The van der Waals surface area contributed by atoms with Crippen molar-refractivity contribution in [3.63, 3.8) is 0 Å². The van der Waals surface area contributed by atoms with Crippen molar-refractivity contribution in [1.82, 2.24) is 10.6 Å². The summed E-state index contributed by atoms with van der Waals surface area (Å²) in [5, 5.41) is 60.1. The standard InChI is InChI=1S/C22H42N4O8/c1-15(23)7-8-16(24)5-3-11-33-12-4-6-17(27)18(28)19(29)20(30)21(31)22(32)26-10-14-34-13-9-25-2/h18-21,23-25,28-31H,3-14H2,1-2H3,(H,26,32)/t18-,19+,20+,21-/m0/s1. The lowest BCUT2D eigenvalue weighted by Gasteiger charge is -2.25. The normalized spacial score (nSPS) is 14.8. The summed E-state index contributed by atoms with van der Waals surface area (Å²) in [7, 11) is 1.77. The van der Waals surface area contributed by atoms with Crippen molar-refractivity contribution in [3.8, 4) is 0 Å². The molecule has 0 aliphatic heterocycles. The molecule has 34 heavy (non-hydrogen) atoms. The Hall–Kier alpha value is -1.80. The van der Waals surface area contributed by atoms with Gasteiger partial charge in [-0.05, 0) is 46.1 Å². The van der Waals surface area contributed by atoms with Crippen LogP contribution in [0.4, 0.5) is 0 Å². The van der Waals surface area contributed by atoms with E-state index in [4.69, 9.17) is 20.3 Å². The Morgan fingerprint density at radius 2 is 1.35 bits per heavy atom. The van der Waals surface area contributed by atoms with Crippen molar-refractivity contribution in [3.05, 3.63) is 0 Å². The number of aliphatic hydroxyl groups excluding tert-OH is 4. The van der Waals surface area contributed by atoms with Crippen LogP contribution in [-0.4, -0.2) is 115 Å². The van der Waals surface area contributed by atoms with Gasteiger partial charge in [-0.3, -0.25) is 9.59 Å². The number of carbonyl (C=O) groups excluding carboxylic acids is 2. The van der Waals surface area contributed by atoms with Gasteiger partial charge in [-0.2, -0.15) is 0 Å². The summed E-state index contributed by atoms with van der Waals surface area (Å²) in [6.07, 6.45) is -5.53. The topological polar surface area (TPSA) is 205 Å². The van der Waals surface area contributed by atoms with E-state index in [2.05, 4.69) is 10.6 Å². The monoisotopic (exact) mass is 490 g/mol. The third-order valence-electron chi connectivity index (χ3n) is 4.92. The largest absolute Gasteiger partial charge is 0.387 e. The molecule has 0 rings (SSSR count). The number of rotatable bonds is 22. The second-order valence-electron chi connectivity index (χ2n) is 8.05. The van der Waals surface area contributed by atoms with E-state index in [0.29, 0.717) is 56.9 Å². The lowest BCUT2D eigenvalue weighted by Crippen LogP contribution is -2.52. The number of Topliss-reactive ketones (excluding diaryl/α,β-unsaturated/α-hetero) is 1. The molecular formula is C22H42N4O8. The van der Waals surface area contributed by atoms with Crippen LogP contribution in [0.2, 0.25) is 0 Å². The van der Waals surface area contributed by atoms with Crippen LogP contribution < -0.4 is 10.6 Å². The van der Waals surface area contributed by atoms with Crippen LogP contribution in [0, 0.1) is 10.8 Å². The van der Waals surface area contributed by atoms with E-state index in [1.54, 1.807) is 14.0 Å². The van der Waals surface area contributed by atoms with Crippen molar-refractivity contribution < 1.29 is 39.5 Å². The van der Waals surface area contributed by atoms with Crippen molar-refractivity contribution in [2.24, 2.45) is 0 Å². The van der Waals surface area contributed by atoms with Gasteiger partial charge in [0.05, 0.1) is 13.2 Å². The zero-order chi connectivity index (χ0) is 25.9. The zero-order valence-electron chi connectivity index (χ0n) is 20.2. The van der Waals surface area contributed by atoms with Gasteiger partial charge >= 0.3 is 0 Å². The van der Waals surface area contributed by atoms with Gasteiger partial charge in [0.2, 0.25) is 0 Å². The van der Waals surface area contributed by atoms with Crippen LogP contribution >= 0.6 is 0 Å². The fourth-order valence-electron chi connectivity index (χ4n) is 2.80. The predicted octanol–water partition coefficient (Wildman–Crippen LogP) is -1.23. The minimum atomic E-state index is -2.05. The van der Waals surface area contributed by atoms with E-state index in [-0.39, 0.29) is 32.6 Å². The Balaban J connectivity index is 4.08. The maximum absolute atomic E-state index is 12.1. The molecule has 0 fully saturated rings. The van der Waals surface area contributed by atoms with Gasteiger partial charge in [0.1, 0.15) is 18.3 Å². The molecule has 198 valence electrons. The average molecular weight is 491 g/mol. The van der Waals surface area contributed by atoms with E-state index in [9.17, 15) is 30.0 Å². The third-order valence-corrected chi connectivity index (χ3v) is 4.92. The molecule has 8 N–H and O–H groups in total. The van der Waals surface area contributed by atoms with Gasteiger partial charge < -0.3 is 51.4 Å². The van der Waals surface area contributed by atoms with E-state index < -0.39 is 36.1 Å². The molecule has 4 atom stereocenters. The maximum Gasteiger partial charge on any atom is 0.251 e. The summed E-state index contributed by atoms with van der Waals surface area (Å²) in [5.41, 5.74) is 1.11. The first-order chi connectivity index (χ1) is 16.1. The van der Waals surface area contributed by atoms with Crippen LogP contribution in [0.1, 0.15) is 45.4 Å². The second kappa shape index (κ2) is 19.5. The minimum Gasteiger partial charge on any atom is -0.387 e. The molecule has 0 aromatic rings. The molecule has 0 aliphatic carbocycles. The number of hydrogen-bond acceptors (Lipinski definition) is 11. The van der Waals surface area contributed by atoms with Gasteiger partial charge in [0.15, 0.2) is 11.9 Å². The molecule has 0 saturated carbocycles. The first-order valence-corrected chi connectivity index (χ1v) is 11.5. The molecule has 0 aromatic heterocycles. The number of ether oxygens (including phenoxy) is 2. The van der Waals surface area contributed by atoms with Crippen molar-refractivity contribution >= 4 is 23.1 Å². The Bertz CT molecular complexity index is 620. The van der Waals surface area contributed by atoms with Gasteiger partial charge in [-0.15, -0.1) is 0 Å². The van der Waals surface area contributed by atoms with Crippen molar-refractivity contribution in [2.75, 3.05) is 46.6 Å². The van der Waals surface area contributed by atoms with Crippen LogP contribution in [0.15, 0.2) is 0 Å². The highest BCUT2D eigenvalue weighted by Crippen LogP contribution is 2.09. The van der Waals surface area contributed by atoms with Crippen LogP contribution in [0.25, 0.3) is 0 Å². The molecular weight excluding hydrogens is 448 g/mol. The minimum absolute atomic E-state index is 0.0779. The fourth-order valence-corrected chi connectivity index (χ4v) is 2.80. The Labute approximate surface area is 201 Å². The van der Waals surface area contributed by atoms with Crippen molar-refractivity contribution in [1.29, 1.82) is 10.8 Å². The summed E-state index contributed by atoms with van der Waals surface area (Å²) in [5.74, 6) is -1.71. The van der Waals surface area contributed by atoms with Gasteiger partial charge in [-0.25, -0.2) is 0 Å². The van der Waals surface area contributed by atoms with Crippen LogP contribution in [0.5, 0.6) is 0 Å². The second-order valence-corrected chi connectivity index (χ2v) is 8.05. The molecule has 0 spiro atoms. The van der Waals surface area contributed by atoms with E-state index in [1.165, 1.54) is 0 Å². The molecule has 0 aromatic carbocycles. The molecule has 12 heteroatoms. The van der Waals surface area contributed by atoms with E-state index >= 15 is 0 Å². The van der Waals surface area contributed by atoms with E-state index in [1.807, 2.05) is 0 Å². The quantitative estimate of drug-likeness (QED) is 0.0674. The number of aliphatic hydroxyl groups is 4. The maximum atomic E-state index is 12.1. The van der Waals surface area contributed by atoms with Crippen LogP contribution in [-0.2, 0) is 19.1 Å². The molecule has 1 amide bonds. The predicted molar refractivity (Wildman–Crippen MR) is 126 cm³/mol. The van der Waals surface area contributed by atoms with E-state index in [0.717, 1.165) is 0 Å². The van der Waals surface area contributed by atoms with Gasteiger partial charge in [0.25, 0.3) is 5.91 Å². The fraction of sp³-hybridized carbons (Fsp3) is 0.818. The number of hydrogen-bond donors (Lipinski definition) is 8. The van der Waals surface area contributed by atoms with Gasteiger partial charge in [0, 0.05) is 44.1 Å². The smallest absolute Gasteiger partial charge is 0.251 e. The summed E-state index contributed by atoms with van der Waals surface area (Å²) in [4.78, 5) is 23.9. The Kier molecular flexibility index (Phi) is 18.5. The van der Waals surface area contributed by atoms with Gasteiger partial charge in [-0.1, -0.05) is 0 Å². The highest BCUT2D eigenvalue weighted by atomic mass is 16.5. The summed E-state index contributed by atoms with van der Waals surface area (Å²) in [6.45, 7) is 3.70. The summed E-state index contributed by atoms with van der Waals surface area (Å²) in [6, 6.07) is 0. The Morgan fingerprint density at radius 1 is 0.794 bits per heavy atom. The number of ketones is 1. The number of nitrogens with one attached hydrogen (secondary N) is 4. The average Bonchev–Trinajstić information content (AvgIpc) is 2.81. The molecule has 0 aliphatic rings. The lowest BCUT2D eigenvalue weighted by atomic mass is 9.97. The zero-order valence-corrected chi connectivity index (χ0v) is 20.2. The number of likely N-dealkylation sites (N-methyl/N-ethyl adjacent to an activating group) is 1. The van der Waals surface area contributed by atoms with Crippen LogP contribution in [0.3, 0.4) is 0 Å². The first-order valence-electron chi connectivity index (χ1n) is 11.5. The molecule has 0 saturated heterocycles. The molecule has 0 radical (unpaired) electrons. The molecule has 0 unspecified atom stereocenters. The Morgan fingerprint density at radius 3 is 1.97 bits per heavy atom. The summed E-state index contributed by atoms with van der Waals surface area (Å²) >= 11 is 0. The number of carbonyl (C=O) groups is 2. The lowest BCUT2D eigenvalue weighted by molar-refractivity contribution is -0.154. The SMILES string of the molecule is CNCCOCCNC(=O)[C@@H](O)[C@H](O)[C@H](O)[C@@H](O)C(=O)CCCOCCCC(=N)CCC(C)=N. The molecule has 0 heterocycles. The summed E-state index contributed by atoms with van der Waals surface area (Å²) < 4.78 is 10.6. The molecule has 0 bridgehead atoms. The molecule has 12 nitrogen and oxygen atoms in total.